The molecule has 130 valence electrons. The first-order valence-electron chi connectivity index (χ1n) is 8.11. The summed E-state index contributed by atoms with van der Waals surface area (Å²) in [6.45, 7) is 5.20. The zero-order chi connectivity index (χ0) is 17.7. The lowest BCUT2D eigenvalue weighted by molar-refractivity contribution is 0.0741. The maximum atomic E-state index is 12.9. The molecule has 0 atom stereocenters. The molecule has 0 fully saturated rings. The van der Waals surface area contributed by atoms with Crippen molar-refractivity contribution in [2.75, 3.05) is 25.5 Å². The van der Waals surface area contributed by atoms with E-state index in [4.69, 9.17) is 0 Å². The molecular weight excluding hydrogens is 354 g/mol. The Morgan fingerprint density at radius 2 is 2.04 bits per heavy atom. The molecule has 4 heterocycles. The third-order valence-corrected chi connectivity index (χ3v) is 6.61. The Bertz CT molecular complexity index is 975. The van der Waals surface area contributed by atoms with E-state index in [1.165, 1.54) is 21.8 Å². The van der Waals surface area contributed by atoms with Crippen molar-refractivity contribution < 1.29 is 4.79 Å². The average molecular weight is 374 g/mol. The Morgan fingerprint density at radius 1 is 1.24 bits per heavy atom. The molecule has 1 aliphatic heterocycles. The highest BCUT2D eigenvalue weighted by Gasteiger charge is 2.28. The normalized spacial score (nSPS) is 14.0. The first kappa shape index (κ1) is 16.4. The van der Waals surface area contributed by atoms with E-state index < -0.39 is 0 Å². The minimum Gasteiger partial charge on any atom is -0.362 e. The molecule has 8 heteroatoms. The molecular formula is C17H19N5OS2. The Labute approximate surface area is 154 Å². The molecule has 1 amide bonds. The largest absolute Gasteiger partial charge is 0.362 e. The Balaban J connectivity index is 1.70. The van der Waals surface area contributed by atoms with E-state index in [0.717, 1.165) is 44.6 Å². The van der Waals surface area contributed by atoms with Gasteiger partial charge in [-0.05, 0) is 25.8 Å². The summed E-state index contributed by atoms with van der Waals surface area (Å²) >= 11 is 3.15. The van der Waals surface area contributed by atoms with E-state index in [-0.39, 0.29) is 5.91 Å². The minimum absolute atomic E-state index is 0.0881. The van der Waals surface area contributed by atoms with Crippen molar-refractivity contribution in [1.82, 2.24) is 19.9 Å². The van der Waals surface area contributed by atoms with Gasteiger partial charge < -0.3 is 9.80 Å². The molecule has 25 heavy (non-hydrogen) atoms. The van der Waals surface area contributed by atoms with Crippen LogP contribution in [-0.4, -0.2) is 46.4 Å². The van der Waals surface area contributed by atoms with Crippen LogP contribution in [0.1, 0.15) is 30.8 Å². The van der Waals surface area contributed by atoms with Crippen LogP contribution in [0.15, 0.2) is 6.33 Å². The summed E-state index contributed by atoms with van der Waals surface area (Å²) in [5.74, 6) is 1.04. The van der Waals surface area contributed by atoms with Gasteiger partial charge in [0, 0.05) is 25.5 Å². The lowest BCUT2D eigenvalue weighted by Gasteiger charge is -2.27. The smallest absolute Gasteiger partial charge is 0.266 e. The van der Waals surface area contributed by atoms with E-state index in [0.29, 0.717) is 6.54 Å². The molecule has 0 N–H and O–H groups in total. The summed E-state index contributed by atoms with van der Waals surface area (Å²) in [5, 5.41) is 2.08. The second-order valence-corrected chi connectivity index (χ2v) is 8.69. The first-order valence-corrected chi connectivity index (χ1v) is 9.75. The van der Waals surface area contributed by atoms with Crippen LogP contribution in [0.3, 0.4) is 0 Å². The zero-order valence-corrected chi connectivity index (χ0v) is 16.3. The van der Waals surface area contributed by atoms with E-state index >= 15 is 0 Å². The Morgan fingerprint density at radius 3 is 2.72 bits per heavy atom. The molecule has 0 aromatic carbocycles. The highest BCUT2D eigenvalue weighted by molar-refractivity contribution is 7.19. The van der Waals surface area contributed by atoms with Crippen LogP contribution in [-0.2, 0) is 13.0 Å². The predicted octanol–water partition coefficient (Wildman–Crippen LogP) is 3.03. The summed E-state index contributed by atoms with van der Waals surface area (Å²) in [7, 11) is 4.00. The van der Waals surface area contributed by atoms with E-state index in [1.807, 2.05) is 37.7 Å². The number of carbonyl (C=O) groups is 1. The molecule has 0 saturated carbocycles. The molecule has 0 spiro atoms. The van der Waals surface area contributed by atoms with Gasteiger partial charge in [0.25, 0.3) is 5.91 Å². The topological polar surface area (TPSA) is 62.2 Å². The number of hydrogen-bond acceptors (Lipinski definition) is 7. The number of fused-ring (bicyclic) bond motifs is 3. The van der Waals surface area contributed by atoms with Crippen LogP contribution in [0.5, 0.6) is 0 Å². The van der Waals surface area contributed by atoms with Gasteiger partial charge >= 0.3 is 0 Å². The van der Waals surface area contributed by atoms with Crippen molar-refractivity contribution in [3.8, 4) is 0 Å². The summed E-state index contributed by atoms with van der Waals surface area (Å²) in [5.41, 5.74) is 2.13. The predicted molar refractivity (Wildman–Crippen MR) is 102 cm³/mol. The fourth-order valence-corrected chi connectivity index (χ4v) is 5.38. The molecule has 3 aromatic heterocycles. The van der Waals surface area contributed by atoms with E-state index in [1.54, 1.807) is 17.7 Å². The number of thiophene rings is 1. The molecule has 0 unspecified atom stereocenters. The molecule has 0 bridgehead atoms. The van der Waals surface area contributed by atoms with Gasteiger partial charge in [-0.3, -0.25) is 4.79 Å². The lowest BCUT2D eigenvalue weighted by atomic mass is 10.0. The standard InChI is InChI=1S/C17H19N5OS2/c1-9-14(24-10(2)20-9)17(23)22-6-5-11-12(7-22)25-16-13(11)15(21(3)4)18-8-19-16/h8H,5-7H2,1-4H3. The van der Waals surface area contributed by atoms with Gasteiger partial charge in [0.2, 0.25) is 0 Å². The van der Waals surface area contributed by atoms with Crippen molar-refractivity contribution in [2.45, 2.75) is 26.8 Å². The lowest BCUT2D eigenvalue weighted by Crippen LogP contribution is -2.35. The fourth-order valence-electron chi connectivity index (χ4n) is 3.30. The number of aryl methyl sites for hydroxylation is 2. The monoisotopic (exact) mass is 373 g/mol. The fraction of sp³-hybridized carbons (Fsp3) is 0.412. The first-order chi connectivity index (χ1) is 12.0. The molecule has 0 aliphatic carbocycles. The highest BCUT2D eigenvalue weighted by atomic mass is 32.1. The average Bonchev–Trinajstić information content (AvgIpc) is 3.12. The molecule has 0 saturated heterocycles. The van der Waals surface area contributed by atoms with Gasteiger partial charge in [-0.1, -0.05) is 0 Å². The van der Waals surface area contributed by atoms with Crippen molar-refractivity contribution in [2.24, 2.45) is 0 Å². The van der Waals surface area contributed by atoms with Crippen LogP contribution in [0.2, 0.25) is 0 Å². The SMILES string of the molecule is Cc1nc(C)c(C(=O)N2CCc3c(sc4ncnc(N(C)C)c34)C2)s1. The number of nitrogens with zero attached hydrogens (tertiary/aromatic N) is 5. The number of thiazole rings is 1. The molecule has 1 aliphatic rings. The van der Waals surface area contributed by atoms with Crippen molar-refractivity contribution in [3.05, 3.63) is 32.3 Å². The van der Waals surface area contributed by atoms with Gasteiger partial charge in [-0.2, -0.15) is 0 Å². The summed E-state index contributed by atoms with van der Waals surface area (Å²) in [6, 6.07) is 0. The van der Waals surface area contributed by atoms with Gasteiger partial charge in [-0.15, -0.1) is 22.7 Å². The van der Waals surface area contributed by atoms with Crippen molar-refractivity contribution in [3.63, 3.8) is 0 Å². The summed E-state index contributed by atoms with van der Waals surface area (Å²) in [4.78, 5) is 33.1. The number of amides is 1. The number of aromatic nitrogens is 3. The number of hydrogen-bond donors (Lipinski definition) is 0. The van der Waals surface area contributed by atoms with Gasteiger partial charge in [0.15, 0.2) is 0 Å². The van der Waals surface area contributed by atoms with Gasteiger partial charge in [0.1, 0.15) is 21.9 Å². The quantitative estimate of drug-likeness (QED) is 0.691. The maximum Gasteiger partial charge on any atom is 0.266 e. The summed E-state index contributed by atoms with van der Waals surface area (Å²) in [6.07, 6.45) is 2.46. The Hall–Kier alpha value is -2.06. The van der Waals surface area contributed by atoms with Crippen molar-refractivity contribution >= 4 is 44.6 Å². The van der Waals surface area contributed by atoms with Crippen LogP contribution in [0.4, 0.5) is 5.82 Å². The number of carbonyl (C=O) groups excluding carboxylic acids is 1. The van der Waals surface area contributed by atoms with E-state index in [9.17, 15) is 4.79 Å². The molecule has 4 rings (SSSR count). The second kappa shape index (κ2) is 6.03. The van der Waals surface area contributed by atoms with Crippen molar-refractivity contribution in [1.29, 1.82) is 0 Å². The van der Waals surface area contributed by atoms with Gasteiger partial charge in [-0.25, -0.2) is 15.0 Å². The third-order valence-electron chi connectivity index (χ3n) is 4.43. The zero-order valence-electron chi connectivity index (χ0n) is 14.7. The molecule has 6 nitrogen and oxygen atoms in total. The van der Waals surface area contributed by atoms with Crippen LogP contribution in [0, 0.1) is 13.8 Å². The second-order valence-electron chi connectivity index (χ2n) is 6.40. The number of rotatable bonds is 2. The maximum absolute atomic E-state index is 12.9. The minimum atomic E-state index is 0.0881. The van der Waals surface area contributed by atoms with Crippen LogP contribution < -0.4 is 4.90 Å². The van der Waals surface area contributed by atoms with Crippen LogP contribution in [0.25, 0.3) is 10.2 Å². The highest BCUT2D eigenvalue weighted by Crippen LogP contribution is 2.38. The summed E-state index contributed by atoms with van der Waals surface area (Å²) < 4.78 is 0. The van der Waals surface area contributed by atoms with E-state index in [2.05, 4.69) is 15.0 Å². The Kier molecular flexibility index (Phi) is 3.96. The molecule has 3 aromatic rings. The third kappa shape index (κ3) is 2.69. The molecule has 0 radical (unpaired) electrons. The van der Waals surface area contributed by atoms with Gasteiger partial charge in [0.05, 0.1) is 22.6 Å². The van der Waals surface area contributed by atoms with Crippen LogP contribution >= 0.6 is 22.7 Å². The number of anilines is 1.